The molecule has 0 fully saturated rings. The lowest BCUT2D eigenvalue weighted by Crippen LogP contribution is -2.52. The molecule has 0 bridgehead atoms. The summed E-state index contributed by atoms with van der Waals surface area (Å²) in [5.74, 6) is 1.02. The number of thiocarbonyl (C=S) groups is 1. The fourth-order valence-corrected chi connectivity index (χ4v) is 5.08. The van der Waals surface area contributed by atoms with Crippen LogP contribution in [0.5, 0.6) is 5.75 Å². The number of hydrazone groups is 1. The molecule has 1 unspecified atom stereocenters. The zero-order valence-electron chi connectivity index (χ0n) is 25.2. The monoisotopic (exact) mass is 554 g/mol. The number of hydrogen-bond acceptors (Lipinski definition) is 6. The van der Waals surface area contributed by atoms with E-state index in [4.69, 9.17) is 22.1 Å². The minimum atomic E-state index is -0.853. The van der Waals surface area contributed by atoms with Gasteiger partial charge in [-0.1, -0.05) is 52.9 Å². The fraction of sp³-hybridized carbons (Fsp3) is 0.548. The summed E-state index contributed by atoms with van der Waals surface area (Å²) < 4.78 is 5.96. The Bertz CT molecular complexity index is 1170. The molecule has 1 amide bonds. The molecule has 8 heteroatoms. The van der Waals surface area contributed by atoms with Crippen molar-refractivity contribution in [2.45, 2.75) is 100.0 Å². The van der Waals surface area contributed by atoms with Gasteiger partial charge in [0, 0.05) is 17.8 Å². The van der Waals surface area contributed by atoms with Gasteiger partial charge < -0.3 is 15.0 Å². The number of carbonyl (C=O) groups excluding carboxylic acids is 2. The van der Waals surface area contributed by atoms with E-state index in [1.165, 1.54) is 0 Å². The van der Waals surface area contributed by atoms with Gasteiger partial charge in [-0.05, 0) is 83.6 Å². The number of carbonyl (C=O) groups is 2. The predicted molar refractivity (Wildman–Crippen MR) is 165 cm³/mol. The first-order valence-corrected chi connectivity index (χ1v) is 14.5. The molecule has 0 aliphatic carbocycles. The number of rotatable bonds is 13. The molecule has 0 saturated heterocycles. The highest BCUT2D eigenvalue weighted by Crippen LogP contribution is 2.34. The van der Waals surface area contributed by atoms with Gasteiger partial charge in [0.25, 0.3) is 5.91 Å². The summed E-state index contributed by atoms with van der Waals surface area (Å²) in [4.78, 5) is 29.2. The maximum Gasteiger partial charge on any atom is 0.275 e. The van der Waals surface area contributed by atoms with Crippen LogP contribution in [0.2, 0.25) is 0 Å². The van der Waals surface area contributed by atoms with Crippen molar-refractivity contribution in [3.8, 4) is 5.75 Å². The van der Waals surface area contributed by atoms with Crippen molar-refractivity contribution in [1.82, 2.24) is 10.3 Å². The van der Waals surface area contributed by atoms with Crippen molar-refractivity contribution in [3.63, 3.8) is 0 Å². The minimum absolute atomic E-state index is 0.102. The molecule has 1 aromatic carbocycles. The number of hydrogen-bond donors (Lipinski definition) is 1. The maximum atomic E-state index is 13.6. The van der Waals surface area contributed by atoms with Crippen LogP contribution < -0.4 is 15.0 Å². The van der Waals surface area contributed by atoms with Crippen molar-refractivity contribution in [1.29, 1.82) is 0 Å². The summed E-state index contributed by atoms with van der Waals surface area (Å²) in [5.41, 5.74) is 2.71. The van der Waals surface area contributed by atoms with E-state index in [1.54, 1.807) is 5.01 Å². The number of nitrogens with one attached hydrogen (secondary N) is 1. The van der Waals surface area contributed by atoms with Crippen molar-refractivity contribution >= 4 is 40.4 Å². The Balaban J connectivity index is 2.78. The third-order valence-corrected chi connectivity index (χ3v) is 7.41. The van der Waals surface area contributed by atoms with Gasteiger partial charge in [0.1, 0.15) is 11.4 Å². The number of nitrogens with zero attached hydrogens (tertiary/aromatic N) is 3. The van der Waals surface area contributed by atoms with E-state index in [0.717, 1.165) is 36.2 Å². The van der Waals surface area contributed by atoms with E-state index in [-0.39, 0.29) is 17.6 Å². The second kappa shape index (κ2) is 13.9. The van der Waals surface area contributed by atoms with E-state index in [2.05, 4.69) is 32.7 Å². The van der Waals surface area contributed by atoms with E-state index >= 15 is 0 Å². The molecular formula is C31H46N4O3S. The number of Topliss-reactive ketones (excluding diaryl/α,β-unsaturated/α-hetero) is 1. The van der Waals surface area contributed by atoms with Crippen LogP contribution in [-0.4, -0.2) is 39.7 Å². The quantitative estimate of drug-likeness (QED) is 0.207. The number of allylic oxidation sites excluding steroid dienone is 2. The molecule has 0 radical (unpaired) electrons. The van der Waals surface area contributed by atoms with Crippen LogP contribution in [-0.2, 0) is 9.59 Å². The van der Waals surface area contributed by atoms with E-state index < -0.39 is 5.54 Å². The summed E-state index contributed by atoms with van der Waals surface area (Å²) in [7, 11) is 0. The SMILES string of the molecule is C=C(CCC)N1N=C(c2cc(N(C(C)=S)C(C)(C)C(=O)CCC)ccc2OCC)NC(=O)/C1=C(\C)C(C)CC. The maximum absolute atomic E-state index is 13.6. The average molecular weight is 555 g/mol. The zero-order valence-corrected chi connectivity index (χ0v) is 26.1. The van der Waals surface area contributed by atoms with Gasteiger partial charge in [-0.15, -0.1) is 5.10 Å². The molecule has 214 valence electrons. The molecule has 1 N–H and O–H groups in total. The molecular weight excluding hydrogens is 508 g/mol. The Morgan fingerprint density at radius 3 is 2.36 bits per heavy atom. The van der Waals surface area contributed by atoms with Crippen LogP contribution in [0.1, 0.15) is 100.0 Å². The molecule has 1 heterocycles. The molecule has 7 nitrogen and oxygen atoms in total. The Morgan fingerprint density at radius 1 is 1.18 bits per heavy atom. The molecule has 1 aliphatic rings. The second-order valence-electron chi connectivity index (χ2n) is 10.6. The smallest absolute Gasteiger partial charge is 0.275 e. The molecule has 1 aromatic rings. The van der Waals surface area contributed by atoms with Crippen molar-refractivity contribution in [3.05, 3.63) is 47.3 Å². The lowest BCUT2D eigenvalue weighted by Gasteiger charge is -2.39. The Kier molecular flexibility index (Phi) is 11.5. The largest absolute Gasteiger partial charge is 0.493 e. The summed E-state index contributed by atoms with van der Waals surface area (Å²) in [6.45, 7) is 22.5. The first-order valence-electron chi connectivity index (χ1n) is 14.0. The van der Waals surface area contributed by atoms with Gasteiger partial charge >= 0.3 is 0 Å². The van der Waals surface area contributed by atoms with Crippen molar-refractivity contribution in [2.24, 2.45) is 11.0 Å². The van der Waals surface area contributed by atoms with E-state index in [0.29, 0.717) is 47.3 Å². The molecule has 1 atom stereocenters. The fourth-order valence-electron chi connectivity index (χ4n) is 4.75. The third kappa shape index (κ3) is 7.15. The highest BCUT2D eigenvalue weighted by atomic mass is 32.1. The molecule has 0 saturated carbocycles. The number of benzene rings is 1. The Hall–Kier alpha value is -3.00. The van der Waals surface area contributed by atoms with Gasteiger partial charge in [-0.2, -0.15) is 0 Å². The van der Waals surface area contributed by atoms with Gasteiger partial charge in [-0.25, -0.2) is 5.01 Å². The van der Waals surface area contributed by atoms with Gasteiger partial charge in [-0.3, -0.25) is 9.59 Å². The third-order valence-electron chi connectivity index (χ3n) is 7.23. The summed E-state index contributed by atoms with van der Waals surface area (Å²) in [6.07, 6.45) is 3.70. The molecule has 1 aliphatic heterocycles. The summed E-state index contributed by atoms with van der Waals surface area (Å²) in [5, 5.41) is 9.63. The molecule has 0 aromatic heterocycles. The topological polar surface area (TPSA) is 74.2 Å². The van der Waals surface area contributed by atoms with Crippen LogP contribution in [0, 0.1) is 5.92 Å². The zero-order chi connectivity index (χ0) is 29.5. The average Bonchev–Trinajstić information content (AvgIpc) is 2.88. The normalized spacial score (nSPS) is 15.8. The number of anilines is 1. The predicted octanol–water partition coefficient (Wildman–Crippen LogP) is 7.11. The Labute approximate surface area is 240 Å². The molecule has 39 heavy (non-hydrogen) atoms. The van der Waals surface area contributed by atoms with Crippen LogP contribution in [0.15, 0.2) is 46.8 Å². The number of ether oxygens (including phenoxy) is 1. The number of amides is 1. The van der Waals surface area contributed by atoms with Crippen LogP contribution in [0.25, 0.3) is 0 Å². The second-order valence-corrected chi connectivity index (χ2v) is 11.2. The van der Waals surface area contributed by atoms with E-state index in [1.807, 2.05) is 64.6 Å². The summed E-state index contributed by atoms with van der Waals surface area (Å²) in [6, 6.07) is 5.62. The van der Waals surface area contributed by atoms with Crippen molar-refractivity contribution in [2.75, 3.05) is 11.5 Å². The Morgan fingerprint density at radius 2 is 1.82 bits per heavy atom. The standard InChI is InChI=1S/C31H46N4O3S/c1-11-15-21(6)35-28(22(7)20(5)13-3)30(37)32-29(33-35)25-19-24(17-18-26(25)38-14-4)34(23(8)39)31(9,10)27(36)16-12-2/h17-20H,6,11-16H2,1-5,7-10H3,(H,32,33,37)/b28-22-. The van der Waals surface area contributed by atoms with Crippen LogP contribution in [0.4, 0.5) is 5.69 Å². The number of amidine groups is 1. The van der Waals surface area contributed by atoms with Gasteiger partial charge in [0.15, 0.2) is 11.6 Å². The van der Waals surface area contributed by atoms with Crippen molar-refractivity contribution < 1.29 is 14.3 Å². The van der Waals surface area contributed by atoms with Crippen LogP contribution in [0.3, 0.4) is 0 Å². The first kappa shape index (κ1) is 32.2. The van der Waals surface area contributed by atoms with Gasteiger partial charge in [0.2, 0.25) is 0 Å². The molecule has 0 spiro atoms. The highest BCUT2D eigenvalue weighted by molar-refractivity contribution is 7.80. The number of ketones is 1. The minimum Gasteiger partial charge on any atom is -0.493 e. The van der Waals surface area contributed by atoms with Gasteiger partial charge in [0.05, 0.1) is 22.7 Å². The lowest BCUT2D eigenvalue weighted by atomic mass is 9.92. The lowest BCUT2D eigenvalue weighted by molar-refractivity contribution is -0.123. The van der Waals surface area contributed by atoms with E-state index in [9.17, 15) is 9.59 Å². The summed E-state index contributed by atoms with van der Waals surface area (Å²) >= 11 is 5.63. The first-order chi connectivity index (χ1) is 18.3. The van der Waals surface area contributed by atoms with Crippen LogP contribution >= 0.6 is 12.2 Å². The molecule has 2 rings (SSSR count). The highest BCUT2D eigenvalue weighted by Gasteiger charge is 2.36.